The van der Waals surface area contributed by atoms with Gasteiger partial charge in [-0.05, 0) is 33.1 Å². The summed E-state index contributed by atoms with van der Waals surface area (Å²) in [6.07, 6.45) is 4.00. The molecule has 2 atom stereocenters. The molecule has 0 aliphatic carbocycles. The SMILES string of the molecule is CC1(C)COC(C2CCCCO2)N1.Cl. The lowest BCUT2D eigenvalue weighted by Gasteiger charge is -2.28. The first kappa shape index (κ1) is 12.2. The highest BCUT2D eigenvalue weighted by Crippen LogP contribution is 2.23. The zero-order chi connectivity index (χ0) is 9.31. The van der Waals surface area contributed by atoms with Crippen molar-refractivity contribution < 1.29 is 9.47 Å². The second kappa shape index (κ2) is 4.79. The molecule has 0 aromatic heterocycles. The van der Waals surface area contributed by atoms with Gasteiger partial charge in [0.05, 0.1) is 12.7 Å². The zero-order valence-electron chi connectivity index (χ0n) is 8.91. The fourth-order valence-corrected chi connectivity index (χ4v) is 1.97. The maximum absolute atomic E-state index is 5.67. The Balaban J connectivity index is 0.000000980. The molecule has 4 heteroatoms. The monoisotopic (exact) mass is 221 g/mol. The highest BCUT2D eigenvalue weighted by atomic mass is 35.5. The van der Waals surface area contributed by atoms with Crippen LogP contribution in [0, 0.1) is 0 Å². The Kier molecular flexibility index (Phi) is 4.19. The normalized spacial score (nSPS) is 36.4. The van der Waals surface area contributed by atoms with Crippen LogP contribution in [0.2, 0.25) is 0 Å². The van der Waals surface area contributed by atoms with Crippen LogP contribution in [-0.2, 0) is 9.47 Å². The van der Waals surface area contributed by atoms with Crippen molar-refractivity contribution in [3.8, 4) is 0 Å². The fraction of sp³-hybridized carbons (Fsp3) is 1.00. The smallest absolute Gasteiger partial charge is 0.135 e. The van der Waals surface area contributed by atoms with Crippen LogP contribution in [0.1, 0.15) is 33.1 Å². The molecule has 0 aromatic carbocycles. The lowest BCUT2D eigenvalue weighted by atomic mass is 10.1. The van der Waals surface area contributed by atoms with Crippen LogP contribution in [0.3, 0.4) is 0 Å². The molecule has 3 nitrogen and oxygen atoms in total. The third-order valence-electron chi connectivity index (χ3n) is 2.71. The number of rotatable bonds is 1. The van der Waals surface area contributed by atoms with Gasteiger partial charge in [-0.1, -0.05) is 0 Å². The molecule has 2 fully saturated rings. The molecule has 2 aliphatic rings. The molecule has 0 amide bonds. The van der Waals surface area contributed by atoms with Crippen molar-refractivity contribution in [3.63, 3.8) is 0 Å². The van der Waals surface area contributed by atoms with Gasteiger partial charge in [-0.2, -0.15) is 0 Å². The summed E-state index contributed by atoms with van der Waals surface area (Å²) in [5.74, 6) is 0. The van der Waals surface area contributed by atoms with Crippen LogP contribution in [0.25, 0.3) is 0 Å². The molecule has 0 spiro atoms. The average molecular weight is 222 g/mol. The van der Waals surface area contributed by atoms with Gasteiger partial charge in [-0.15, -0.1) is 12.4 Å². The molecule has 1 N–H and O–H groups in total. The summed E-state index contributed by atoms with van der Waals surface area (Å²) in [6.45, 7) is 6.01. The van der Waals surface area contributed by atoms with E-state index >= 15 is 0 Å². The maximum atomic E-state index is 5.67. The molecule has 0 saturated carbocycles. The second-order valence-electron chi connectivity index (χ2n) is 4.66. The van der Waals surface area contributed by atoms with Crippen LogP contribution in [0.4, 0.5) is 0 Å². The summed E-state index contributed by atoms with van der Waals surface area (Å²) in [5.41, 5.74) is 0.117. The van der Waals surface area contributed by atoms with Crippen molar-refractivity contribution in [2.45, 2.75) is 51.0 Å². The van der Waals surface area contributed by atoms with Crippen LogP contribution in [0.15, 0.2) is 0 Å². The molecule has 0 radical (unpaired) electrons. The van der Waals surface area contributed by atoms with E-state index in [2.05, 4.69) is 19.2 Å². The largest absolute Gasteiger partial charge is 0.374 e. The van der Waals surface area contributed by atoms with Gasteiger partial charge in [0, 0.05) is 12.1 Å². The molecule has 14 heavy (non-hydrogen) atoms. The Labute approximate surface area is 91.9 Å². The lowest BCUT2D eigenvalue weighted by Crippen LogP contribution is -2.46. The Hall–Kier alpha value is 0.170. The Morgan fingerprint density at radius 2 is 2.00 bits per heavy atom. The quantitative estimate of drug-likeness (QED) is 0.731. The topological polar surface area (TPSA) is 30.5 Å². The average Bonchev–Trinajstić information content (AvgIpc) is 2.48. The van der Waals surface area contributed by atoms with Gasteiger partial charge in [-0.3, -0.25) is 5.32 Å². The molecule has 84 valence electrons. The van der Waals surface area contributed by atoms with E-state index in [1.807, 2.05) is 0 Å². The first-order valence-electron chi connectivity index (χ1n) is 5.18. The third-order valence-corrected chi connectivity index (χ3v) is 2.71. The van der Waals surface area contributed by atoms with E-state index in [-0.39, 0.29) is 30.3 Å². The van der Waals surface area contributed by atoms with Gasteiger partial charge in [0.25, 0.3) is 0 Å². The minimum Gasteiger partial charge on any atom is -0.374 e. The van der Waals surface area contributed by atoms with Crippen LogP contribution < -0.4 is 5.32 Å². The lowest BCUT2D eigenvalue weighted by molar-refractivity contribution is -0.0769. The predicted octanol–water partition coefficient (Wildman–Crippen LogP) is 1.70. The van der Waals surface area contributed by atoms with Crippen LogP contribution in [-0.4, -0.2) is 31.1 Å². The Bertz CT molecular complexity index is 181. The molecule has 2 aliphatic heterocycles. The standard InChI is InChI=1S/C10H19NO2.ClH/c1-10(2)7-13-9(11-10)8-5-3-4-6-12-8;/h8-9,11H,3-7H2,1-2H3;1H. The highest BCUT2D eigenvalue weighted by Gasteiger charge is 2.36. The van der Waals surface area contributed by atoms with Crippen molar-refractivity contribution in [2.75, 3.05) is 13.2 Å². The van der Waals surface area contributed by atoms with Crippen molar-refractivity contribution in [3.05, 3.63) is 0 Å². The van der Waals surface area contributed by atoms with E-state index in [0.717, 1.165) is 19.6 Å². The van der Waals surface area contributed by atoms with Gasteiger partial charge in [0.2, 0.25) is 0 Å². The Morgan fingerprint density at radius 1 is 1.21 bits per heavy atom. The molecule has 2 rings (SSSR count). The minimum atomic E-state index is 0. The van der Waals surface area contributed by atoms with E-state index in [9.17, 15) is 0 Å². The van der Waals surface area contributed by atoms with Gasteiger partial charge >= 0.3 is 0 Å². The molecule has 2 unspecified atom stereocenters. The van der Waals surface area contributed by atoms with E-state index < -0.39 is 0 Å². The second-order valence-corrected chi connectivity index (χ2v) is 4.66. The fourth-order valence-electron chi connectivity index (χ4n) is 1.97. The van der Waals surface area contributed by atoms with E-state index in [1.54, 1.807) is 0 Å². The van der Waals surface area contributed by atoms with Gasteiger partial charge in [0.15, 0.2) is 0 Å². The molecule has 2 saturated heterocycles. The van der Waals surface area contributed by atoms with Crippen LogP contribution >= 0.6 is 12.4 Å². The van der Waals surface area contributed by atoms with Crippen LogP contribution in [0.5, 0.6) is 0 Å². The first-order valence-corrected chi connectivity index (χ1v) is 5.18. The number of hydrogen-bond donors (Lipinski definition) is 1. The molecular weight excluding hydrogens is 202 g/mol. The molecule has 0 aromatic rings. The summed E-state index contributed by atoms with van der Waals surface area (Å²) in [7, 11) is 0. The number of ether oxygens (including phenoxy) is 2. The Morgan fingerprint density at radius 3 is 2.50 bits per heavy atom. The first-order chi connectivity index (χ1) is 6.17. The summed E-state index contributed by atoms with van der Waals surface area (Å²) in [5, 5.41) is 3.45. The summed E-state index contributed by atoms with van der Waals surface area (Å²) >= 11 is 0. The van der Waals surface area contributed by atoms with E-state index in [1.165, 1.54) is 12.8 Å². The number of halogens is 1. The minimum absolute atomic E-state index is 0. The van der Waals surface area contributed by atoms with Gasteiger partial charge in [-0.25, -0.2) is 0 Å². The molecular formula is C10H20ClNO2. The van der Waals surface area contributed by atoms with Gasteiger partial charge in [0.1, 0.15) is 6.23 Å². The van der Waals surface area contributed by atoms with E-state index in [0.29, 0.717) is 0 Å². The zero-order valence-corrected chi connectivity index (χ0v) is 9.73. The number of hydrogen-bond acceptors (Lipinski definition) is 3. The molecule has 0 bridgehead atoms. The van der Waals surface area contributed by atoms with Crippen molar-refractivity contribution in [1.82, 2.24) is 5.32 Å². The third kappa shape index (κ3) is 2.83. The number of nitrogens with one attached hydrogen (secondary N) is 1. The summed E-state index contributed by atoms with van der Waals surface area (Å²) in [6, 6.07) is 0. The maximum Gasteiger partial charge on any atom is 0.135 e. The van der Waals surface area contributed by atoms with Crippen molar-refractivity contribution >= 4 is 12.4 Å². The van der Waals surface area contributed by atoms with Crippen molar-refractivity contribution in [1.29, 1.82) is 0 Å². The summed E-state index contributed by atoms with van der Waals surface area (Å²) < 4.78 is 11.3. The van der Waals surface area contributed by atoms with E-state index in [4.69, 9.17) is 9.47 Å². The molecule has 2 heterocycles. The van der Waals surface area contributed by atoms with Gasteiger partial charge < -0.3 is 9.47 Å². The summed E-state index contributed by atoms with van der Waals surface area (Å²) in [4.78, 5) is 0. The predicted molar refractivity (Wildman–Crippen MR) is 57.8 cm³/mol. The highest BCUT2D eigenvalue weighted by molar-refractivity contribution is 5.85. The van der Waals surface area contributed by atoms with Crippen molar-refractivity contribution in [2.24, 2.45) is 0 Å².